The van der Waals surface area contributed by atoms with Crippen LogP contribution in [0.25, 0.3) is 0 Å². The molecule has 0 unspecified atom stereocenters. The summed E-state index contributed by atoms with van der Waals surface area (Å²) in [6, 6.07) is 8.91. The second-order valence-corrected chi connectivity index (χ2v) is 5.08. The van der Waals surface area contributed by atoms with Crippen molar-refractivity contribution in [3.05, 3.63) is 51.7 Å². The van der Waals surface area contributed by atoms with Gasteiger partial charge in [-0.2, -0.15) is 0 Å². The first kappa shape index (κ1) is 12.9. The first-order valence-electron chi connectivity index (χ1n) is 5.57. The Bertz CT molecular complexity index is 597. The summed E-state index contributed by atoms with van der Waals surface area (Å²) in [4.78, 5) is 0. The maximum absolute atomic E-state index is 13.3. The molecule has 0 radical (unpaired) electrons. The summed E-state index contributed by atoms with van der Waals surface area (Å²) in [6.07, 6.45) is 0. The van der Waals surface area contributed by atoms with Crippen LogP contribution in [0.4, 0.5) is 21.5 Å². The third kappa shape index (κ3) is 2.48. The van der Waals surface area contributed by atoms with E-state index in [1.54, 1.807) is 6.07 Å². The summed E-state index contributed by atoms with van der Waals surface area (Å²) in [7, 11) is 0. The average molecular weight is 309 g/mol. The average Bonchev–Trinajstić information content (AvgIpc) is 2.32. The Kier molecular flexibility index (Phi) is 3.57. The highest BCUT2D eigenvalue weighted by atomic mass is 79.9. The molecule has 0 saturated heterocycles. The molecule has 18 heavy (non-hydrogen) atoms. The fourth-order valence-electron chi connectivity index (χ4n) is 1.71. The Balaban J connectivity index is 2.40. The van der Waals surface area contributed by atoms with Crippen LogP contribution in [0.5, 0.6) is 0 Å². The standard InChI is InChI=1S/C14H14BrFN2/c1-8-6-11(16)10(15)7-14(8)18-13-5-3-4-12(17)9(13)2/h3-7,18H,17H2,1-2H3. The molecule has 2 aromatic carbocycles. The summed E-state index contributed by atoms with van der Waals surface area (Å²) in [5, 5.41) is 3.27. The van der Waals surface area contributed by atoms with Crippen LogP contribution >= 0.6 is 15.9 Å². The van der Waals surface area contributed by atoms with Crippen molar-refractivity contribution in [3.63, 3.8) is 0 Å². The number of nitrogens with one attached hydrogen (secondary N) is 1. The molecule has 4 heteroatoms. The minimum absolute atomic E-state index is 0.262. The van der Waals surface area contributed by atoms with Crippen LogP contribution in [-0.2, 0) is 0 Å². The summed E-state index contributed by atoms with van der Waals surface area (Å²) in [5.41, 5.74) is 10.2. The normalized spacial score (nSPS) is 10.4. The molecule has 0 amide bonds. The number of anilines is 3. The molecule has 3 N–H and O–H groups in total. The fourth-order valence-corrected chi connectivity index (χ4v) is 2.06. The molecule has 0 aliphatic rings. The molecule has 94 valence electrons. The molecule has 0 aliphatic heterocycles. The third-order valence-corrected chi connectivity index (χ3v) is 3.52. The van der Waals surface area contributed by atoms with Gasteiger partial charge >= 0.3 is 0 Å². The molecule has 0 aliphatic carbocycles. The van der Waals surface area contributed by atoms with Gasteiger partial charge in [0, 0.05) is 17.1 Å². The van der Waals surface area contributed by atoms with Gasteiger partial charge in [-0.25, -0.2) is 4.39 Å². The Hall–Kier alpha value is -1.55. The SMILES string of the molecule is Cc1cc(F)c(Br)cc1Nc1cccc(N)c1C. The molecule has 2 nitrogen and oxygen atoms in total. The topological polar surface area (TPSA) is 38.0 Å². The Labute approximate surface area is 114 Å². The molecule has 0 heterocycles. The van der Waals surface area contributed by atoms with Gasteiger partial charge in [0.15, 0.2) is 0 Å². The summed E-state index contributed by atoms with van der Waals surface area (Å²) < 4.78 is 13.8. The highest BCUT2D eigenvalue weighted by Crippen LogP contribution is 2.29. The molecule has 0 aromatic heterocycles. The number of hydrogen-bond acceptors (Lipinski definition) is 2. The van der Waals surface area contributed by atoms with Crippen molar-refractivity contribution in [2.45, 2.75) is 13.8 Å². The number of halogens is 2. The molecule has 0 fully saturated rings. The fraction of sp³-hybridized carbons (Fsp3) is 0.143. The minimum Gasteiger partial charge on any atom is -0.398 e. The predicted octanol–water partition coefficient (Wildman–Crippen LogP) is 4.53. The summed E-state index contributed by atoms with van der Waals surface area (Å²) in [5.74, 6) is -0.262. The van der Waals surface area contributed by atoms with Crippen LogP contribution in [0.15, 0.2) is 34.8 Å². The van der Waals surface area contributed by atoms with E-state index in [0.717, 1.165) is 28.2 Å². The van der Waals surface area contributed by atoms with Crippen LogP contribution in [0.2, 0.25) is 0 Å². The lowest BCUT2D eigenvalue weighted by Crippen LogP contribution is -1.99. The largest absolute Gasteiger partial charge is 0.398 e. The lowest BCUT2D eigenvalue weighted by molar-refractivity contribution is 0.620. The zero-order valence-corrected chi connectivity index (χ0v) is 11.8. The van der Waals surface area contributed by atoms with Gasteiger partial charge in [-0.3, -0.25) is 0 Å². The zero-order valence-electron chi connectivity index (χ0n) is 10.2. The Morgan fingerprint density at radius 2 is 1.89 bits per heavy atom. The van der Waals surface area contributed by atoms with Crippen molar-refractivity contribution in [2.75, 3.05) is 11.1 Å². The van der Waals surface area contributed by atoms with E-state index in [2.05, 4.69) is 21.2 Å². The molecule has 0 spiro atoms. The summed E-state index contributed by atoms with van der Waals surface area (Å²) in [6.45, 7) is 3.81. The van der Waals surface area contributed by atoms with Gasteiger partial charge in [-0.1, -0.05) is 6.07 Å². The Morgan fingerprint density at radius 3 is 2.61 bits per heavy atom. The molecule has 2 aromatic rings. The van der Waals surface area contributed by atoms with E-state index in [1.807, 2.05) is 32.0 Å². The van der Waals surface area contributed by atoms with Gasteiger partial charge in [0.05, 0.1) is 4.47 Å². The molecule has 0 atom stereocenters. The highest BCUT2D eigenvalue weighted by Gasteiger charge is 2.07. The molecular formula is C14H14BrFN2. The van der Waals surface area contributed by atoms with Crippen molar-refractivity contribution in [1.29, 1.82) is 0 Å². The maximum atomic E-state index is 13.3. The number of aryl methyl sites for hydroxylation is 1. The van der Waals surface area contributed by atoms with Crippen molar-refractivity contribution >= 4 is 33.0 Å². The number of hydrogen-bond donors (Lipinski definition) is 2. The second-order valence-electron chi connectivity index (χ2n) is 4.23. The quantitative estimate of drug-likeness (QED) is 0.800. The van der Waals surface area contributed by atoms with E-state index >= 15 is 0 Å². The van der Waals surface area contributed by atoms with Crippen LogP contribution in [0.3, 0.4) is 0 Å². The van der Waals surface area contributed by atoms with Crippen molar-refractivity contribution < 1.29 is 4.39 Å². The third-order valence-electron chi connectivity index (χ3n) is 2.91. The predicted molar refractivity (Wildman–Crippen MR) is 77.7 cm³/mol. The molecule has 2 rings (SSSR count). The first-order chi connectivity index (χ1) is 8.49. The number of nitrogens with two attached hydrogens (primary N) is 1. The first-order valence-corrected chi connectivity index (χ1v) is 6.36. The van der Waals surface area contributed by atoms with Crippen LogP contribution < -0.4 is 11.1 Å². The number of nitrogen functional groups attached to an aromatic ring is 1. The van der Waals surface area contributed by atoms with Gasteiger partial charge < -0.3 is 11.1 Å². The number of benzene rings is 2. The Morgan fingerprint density at radius 1 is 1.17 bits per heavy atom. The molecule has 0 bridgehead atoms. The second kappa shape index (κ2) is 4.98. The van der Waals surface area contributed by atoms with Crippen molar-refractivity contribution in [2.24, 2.45) is 0 Å². The van der Waals surface area contributed by atoms with Gasteiger partial charge in [0.2, 0.25) is 0 Å². The lowest BCUT2D eigenvalue weighted by atomic mass is 10.1. The van der Waals surface area contributed by atoms with Crippen LogP contribution in [0.1, 0.15) is 11.1 Å². The van der Waals surface area contributed by atoms with Crippen LogP contribution in [0, 0.1) is 19.7 Å². The van der Waals surface area contributed by atoms with E-state index in [4.69, 9.17) is 5.73 Å². The number of rotatable bonds is 2. The van der Waals surface area contributed by atoms with Gasteiger partial charge in [-0.05, 0) is 65.2 Å². The smallest absolute Gasteiger partial charge is 0.137 e. The van der Waals surface area contributed by atoms with Gasteiger partial charge in [0.25, 0.3) is 0 Å². The van der Waals surface area contributed by atoms with E-state index in [0.29, 0.717) is 4.47 Å². The van der Waals surface area contributed by atoms with E-state index in [1.165, 1.54) is 6.07 Å². The minimum atomic E-state index is -0.262. The van der Waals surface area contributed by atoms with E-state index < -0.39 is 0 Å². The van der Waals surface area contributed by atoms with Crippen LogP contribution in [-0.4, -0.2) is 0 Å². The zero-order chi connectivity index (χ0) is 13.3. The van der Waals surface area contributed by atoms with E-state index in [9.17, 15) is 4.39 Å². The monoisotopic (exact) mass is 308 g/mol. The highest BCUT2D eigenvalue weighted by molar-refractivity contribution is 9.10. The van der Waals surface area contributed by atoms with Crippen molar-refractivity contribution in [3.8, 4) is 0 Å². The van der Waals surface area contributed by atoms with Gasteiger partial charge in [-0.15, -0.1) is 0 Å². The summed E-state index contributed by atoms with van der Waals surface area (Å²) >= 11 is 3.19. The van der Waals surface area contributed by atoms with Crippen molar-refractivity contribution in [1.82, 2.24) is 0 Å². The molecule has 0 saturated carbocycles. The lowest BCUT2D eigenvalue weighted by Gasteiger charge is -2.14. The van der Waals surface area contributed by atoms with E-state index in [-0.39, 0.29) is 5.82 Å². The molecular weight excluding hydrogens is 295 g/mol. The maximum Gasteiger partial charge on any atom is 0.137 e. The van der Waals surface area contributed by atoms with Gasteiger partial charge in [0.1, 0.15) is 5.82 Å².